The summed E-state index contributed by atoms with van der Waals surface area (Å²) in [5.74, 6) is 0. The van der Waals surface area contributed by atoms with Crippen molar-refractivity contribution < 1.29 is 5.11 Å². The molecule has 88 valence electrons. The van der Waals surface area contributed by atoms with Crippen molar-refractivity contribution >= 4 is 10.8 Å². The first-order valence-corrected chi connectivity index (χ1v) is 6.23. The number of fused-ring (bicyclic) bond motifs is 1. The molecule has 3 rings (SSSR count). The lowest BCUT2D eigenvalue weighted by Gasteiger charge is -2.12. The number of aliphatic hydroxyl groups is 1. The van der Waals surface area contributed by atoms with Crippen LogP contribution >= 0.6 is 0 Å². The molecule has 2 heteroatoms. The Bertz CT molecular complexity index is 519. The van der Waals surface area contributed by atoms with E-state index < -0.39 is 6.10 Å². The van der Waals surface area contributed by atoms with Gasteiger partial charge in [-0.3, -0.25) is 0 Å². The monoisotopic (exact) mass is 227 g/mol. The standard InChI is InChI=1S/C15H17NO/c17-15(10-16-14-7-8-14)13-6-5-11-3-1-2-4-12(11)9-13/h1-6,9,14-17H,7-8,10H2/t15-/m1/s1. The Balaban J connectivity index is 1.78. The molecule has 0 aliphatic heterocycles. The van der Waals surface area contributed by atoms with E-state index in [0.717, 1.165) is 5.56 Å². The molecule has 0 aromatic heterocycles. The number of benzene rings is 2. The first-order chi connectivity index (χ1) is 8.33. The normalized spacial score (nSPS) is 17.2. The van der Waals surface area contributed by atoms with Gasteiger partial charge in [-0.2, -0.15) is 0 Å². The average molecular weight is 227 g/mol. The number of hydrogen-bond donors (Lipinski definition) is 2. The molecule has 2 aromatic carbocycles. The van der Waals surface area contributed by atoms with Crippen molar-refractivity contribution in [1.29, 1.82) is 0 Å². The molecule has 2 N–H and O–H groups in total. The topological polar surface area (TPSA) is 32.3 Å². The number of rotatable bonds is 4. The van der Waals surface area contributed by atoms with Crippen LogP contribution in [0, 0.1) is 0 Å². The molecule has 2 nitrogen and oxygen atoms in total. The summed E-state index contributed by atoms with van der Waals surface area (Å²) < 4.78 is 0. The Labute approximate surface area is 101 Å². The summed E-state index contributed by atoms with van der Waals surface area (Å²) in [7, 11) is 0. The molecule has 1 atom stereocenters. The van der Waals surface area contributed by atoms with Crippen molar-refractivity contribution in [1.82, 2.24) is 5.32 Å². The predicted octanol–water partition coefficient (Wildman–Crippen LogP) is 2.63. The Hall–Kier alpha value is -1.38. The van der Waals surface area contributed by atoms with Crippen LogP contribution in [-0.4, -0.2) is 17.7 Å². The lowest BCUT2D eigenvalue weighted by molar-refractivity contribution is 0.174. The van der Waals surface area contributed by atoms with E-state index in [9.17, 15) is 5.11 Å². The summed E-state index contributed by atoms with van der Waals surface area (Å²) in [6.07, 6.45) is 2.11. The highest BCUT2D eigenvalue weighted by Crippen LogP contribution is 2.22. The second-order valence-corrected chi connectivity index (χ2v) is 4.80. The molecule has 1 fully saturated rings. The maximum atomic E-state index is 10.1. The molecular weight excluding hydrogens is 210 g/mol. The van der Waals surface area contributed by atoms with Crippen LogP contribution in [0.5, 0.6) is 0 Å². The maximum absolute atomic E-state index is 10.1. The number of hydrogen-bond acceptors (Lipinski definition) is 2. The fraction of sp³-hybridized carbons (Fsp3) is 0.333. The van der Waals surface area contributed by atoms with Gasteiger partial charge < -0.3 is 10.4 Å². The molecule has 0 unspecified atom stereocenters. The highest BCUT2D eigenvalue weighted by Gasteiger charge is 2.21. The molecule has 2 aromatic rings. The highest BCUT2D eigenvalue weighted by molar-refractivity contribution is 5.83. The first kappa shape index (κ1) is 10.8. The van der Waals surface area contributed by atoms with Gasteiger partial charge >= 0.3 is 0 Å². The maximum Gasteiger partial charge on any atom is 0.0914 e. The van der Waals surface area contributed by atoms with E-state index in [0.29, 0.717) is 12.6 Å². The predicted molar refractivity (Wildman–Crippen MR) is 69.9 cm³/mol. The quantitative estimate of drug-likeness (QED) is 0.841. The minimum atomic E-state index is -0.403. The zero-order valence-electron chi connectivity index (χ0n) is 9.76. The summed E-state index contributed by atoms with van der Waals surface area (Å²) >= 11 is 0. The van der Waals surface area contributed by atoms with E-state index in [-0.39, 0.29) is 0 Å². The molecule has 0 saturated heterocycles. The van der Waals surface area contributed by atoms with Gasteiger partial charge in [0.05, 0.1) is 6.10 Å². The van der Waals surface area contributed by atoms with Crippen LogP contribution in [-0.2, 0) is 0 Å². The van der Waals surface area contributed by atoms with E-state index in [1.165, 1.54) is 23.6 Å². The fourth-order valence-corrected chi connectivity index (χ4v) is 2.10. The fourth-order valence-electron chi connectivity index (χ4n) is 2.10. The second-order valence-electron chi connectivity index (χ2n) is 4.80. The van der Waals surface area contributed by atoms with E-state index in [2.05, 4.69) is 29.6 Å². The van der Waals surface area contributed by atoms with Crippen LogP contribution in [0.3, 0.4) is 0 Å². The molecule has 0 heterocycles. The third kappa shape index (κ3) is 2.48. The van der Waals surface area contributed by atoms with Crippen LogP contribution < -0.4 is 5.32 Å². The third-order valence-corrected chi connectivity index (χ3v) is 3.34. The van der Waals surface area contributed by atoms with Gasteiger partial charge in [0.1, 0.15) is 0 Å². The Morgan fingerprint density at radius 1 is 1.12 bits per heavy atom. The van der Waals surface area contributed by atoms with Gasteiger partial charge in [0.15, 0.2) is 0 Å². The Morgan fingerprint density at radius 3 is 2.65 bits per heavy atom. The van der Waals surface area contributed by atoms with Gasteiger partial charge in [0, 0.05) is 12.6 Å². The van der Waals surface area contributed by atoms with Crippen molar-refractivity contribution in [2.45, 2.75) is 25.0 Å². The van der Waals surface area contributed by atoms with Crippen LogP contribution in [0.2, 0.25) is 0 Å². The van der Waals surface area contributed by atoms with Gasteiger partial charge in [-0.05, 0) is 35.2 Å². The van der Waals surface area contributed by atoms with Crippen LogP contribution in [0.4, 0.5) is 0 Å². The van der Waals surface area contributed by atoms with E-state index in [1.54, 1.807) is 0 Å². The molecule has 1 aliphatic rings. The van der Waals surface area contributed by atoms with Gasteiger partial charge in [0.25, 0.3) is 0 Å². The van der Waals surface area contributed by atoms with Crippen molar-refractivity contribution in [2.24, 2.45) is 0 Å². The van der Waals surface area contributed by atoms with Crippen molar-refractivity contribution in [3.63, 3.8) is 0 Å². The molecule has 1 saturated carbocycles. The third-order valence-electron chi connectivity index (χ3n) is 3.34. The van der Waals surface area contributed by atoms with E-state index in [1.807, 2.05) is 18.2 Å². The van der Waals surface area contributed by atoms with E-state index in [4.69, 9.17) is 0 Å². The molecule has 0 amide bonds. The van der Waals surface area contributed by atoms with Crippen LogP contribution in [0.15, 0.2) is 42.5 Å². The van der Waals surface area contributed by atoms with Gasteiger partial charge in [-0.1, -0.05) is 36.4 Å². The lowest BCUT2D eigenvalue weighted by atomic mass is 10.0. The number of aliphatic hydroxyl groups excluding tert-OH is 1. The van der Waals surface area contributed by atoms with Crippen LogP contribution in [0.25, 0.3) is 10.8 Å². The smallest absolute Gasteiger partial charge is 0.0914 e. The average Bonchev–Trinajstić information content (AvgIpc) is 3.19. The minimum absolute atomic E-state index is 0.403. The second kappa shape index (κ2) is 4.47. The van der Waals surface area contributed by atoms with Crippen molar-refractivity contribution in [3.8, 4) is 0 Å². The minimum Gasteiger partial charge on any atom is -0.387 e. The summed E-state index contributed by atoms with van der Waals surface area (Å²) in [6, 6.07) is 15.0. The zero-order valence-corrected chi connectivity index (χ0v) is 9.76. The van der Waals surface area contributed by atoms with Gasteiger partial charge in [-0.15, -0.1) is 0 Å². The summed E-state index contributed by atoms with van der Waals surface area (Å²) in [5, 5.41) is 15.9. The highest BCUT2D eigenvalue weighted by atomic mass is 16.3. The zero-order chi connectivity index (χ0) is 11.7. The van der Waals surface area contributed by atoms with Crippen LogP contribution in [0.1, 0.15) is 24.5 Å². The molecule has 1 aliphatic carbocycles. The molecule has 0 radical (unpaired) electrons. The van der Waals surface area contributed by atoms with E-state index >= 15 is 0 Å². The first-order valence-electron chi connectivity index (χ1n) is 6.23. The Kier molecular flexibility index (Phi) is 2.83. The van der Waals surface area contributed by atoms with Gasteiger partial charge in [0.2, 0.25) is 0 Å². The summed E-state index contributed by atoms with van der Waals surface area (Å²) in [5.41, 5.74) is 0.997. The molecule has 17 heavy (non-hydrogen) atoms. The number of nitrogens with one attached hydrogen (secondary N) is 1. The van der Waals surface area contributed by atoms with Gasteiger partial charge in [-0.25, -0.2) is 0 Å². The SMILES string of the molecule is O[C@H](CNC1CC1)c1ccc2ccccc2c1. The molecule has 0 spiro atoms. The van der Waals surface area contributed by atoms with Crippen molar-refractivity contribution in [3.05, 3.63) is 48.0 Å². The molecule has 0 bridgehead atoms. The Morgan fingerprint density at radius 2 is 1.88 bits per heavy atom. The summed E-state index contributed by atoms with van der Waals surface area (Å²) in [4.78, 5) is 0. The summed E-state index contributed by atoms with van der Waals surface area (Å²) in [6.45, 7) is 0.656. The largest absolute Gasteiger partial charge is 0.387 e. The molecular formula is C15H17NO. The van der Waals surface area contributed by atoms with Crippen molar-refractivity contribution in [2.75, 3.05) is 6.54 Å². The lowest BCUT2D eigenvalue weighted by Crippen LogP contribution is -2.23.